The molecule has 0 bridgehead atoms. The van der Waals surface area contributed by atoms with Crippen molar-refractivity contribution in [1.29, 1.82) is 0 Å². The van der Waals surface area contributed by atoms with Crippen LogP contribution in [-0.4, -0.2) is 48.0 Å². The molecule has 0 aliphatic carbocycles. The Hall–Kier alpha value is -1.96. The number of aliphatic carboxylic acids is 1. The van der Waals surface area contributed by atoms with Crippen molar-refractivity contribution in [2.45, 2.75) is 44.4 Å². The zero-order chi connectivity index (χ0) is 17.5. The molecule has 1 aromatic carbocycles. The lowest BCUT2D eigenvalue weighted by Crippen LogP contribution is -2.34. The van der Waals surface area contributed by atoms with Gasteiger partial charge in [0.1, 0.15) is 6.04 Å². The fourth-order valence-electron chi connectivity index (χ4n) is 2.46. The molecule has 1 aliphatic heterocycles. The highest BCUT2D eigenvalue weighted by Crippen LogP contribution is 2.16. The molecule has 1 amide bonds. The number of amides is 1. The standard InChI is InChI=1S/C17H24N2O5/c1-19(24-15-4-2-3-11-23-15)16(20)13-8-5-12(6-9-13)7-10-14(18)17(21)22/h5-6,8-9,14-15H,2-4,7,10-11,18H2,1H3,(H,21,22). The van der Waals surface area contributed by atoms with E-state index in [4.69, 9.17) is 20.4 Å². The number of benzene rings is 1. The van der Waals surface area contributed by atoms with Crippen LogP contribution in [0, 0.1) is 0 Å². The Morgan fingerprint density at radius 3 is 2.67 bits per heavy atom. The van der Waals surface area contributed by atoms with E-state index < -0.39 is 12.0 Å². The molecule has 0 aromatic heterocycles. The van der Waals surface area contributed by atoms with Crippen LogP contribution >= 0.6 is 0 Å². The Kier molecular flexibility index (Phi) is 6.72. The number of carbonyl (C=O) groups excluding carboxylic acids is 1. The number of nitrogens with zero attached hydrogens (tertiary/aromatic N) is 1. The van der Waals surface area contributed by atoms with Crippen molar-refractivity contribution in [2.75, 3.05) is 13.7 Å². The summed E-state index contributed by atoms with van der Waals surface area (Å²) in [4.78, 5) is 28.6. The van der Waals surface area contributed by atoms with Crippen LogP contribution in [0.2, 0.25) is 0 Å². The van der Waals surface area contributed by atoms with Gasteiger partial charge >= 0.3 is 5.97 Å². The second-order valence-electron chi connectivity index (χ2n) is 5.88. The number of nitrogens with two attached hydrogens (primary N) is 1. The summed E-state index contributed by atoms with van der Waals surface area (Å²) < 4.78 is 5.45. The van der Waals surface area contributed by atoms with Crippen molar-refractivity contribution >= 4 is 11.9 Å². The van der Waals surface area contributed by atoms with Crippen LogP contribution in [0.5, 0.6) is 0 Å². The van der Waals surface area contributed by atoms with Gasteiger partial charge in [0.05, 0.1) is 0 Å². The van der Waals surface area contributed by atoms with E-state index in [2.05, 4.69) is 0 Å². The van der Waals surface area contributed by atoms with E-state index in [1.54, 1.807) is 31.3 Å². The van der Waals surface area contributed by atoms with Gasteiger partial charge in [-0.15, -0.1) is 0 Å². The van der Waals surface area contributed by atoms with Crippen molar-refractivity contribution in [3.63, 3.8) is 0 Å². The lowest BCUT2D eigenvalue weighted by molar-refractivity contribution is -0.258. The molecule has 2 unspecified atom stereocenters. The Bertz CT molecular complexity index is 555. The van der Waals surface area contributed by atoms with Gasteiger partial charge in [-0.1, -0.05) is 12.1 Å². The van der Waals surface area contributed by atoms with Gasteiger partial charge in [-0.2, -0.15) is 0 Å². The van der Waals surface area contributed by atoms with Gasteiger partial charge in [0.15, 0.2) is 6.29 Å². The average Bonchev–Trinajstić information content (AvgIpc) is 2.60. The largest absolute Gasteiger partial charge is 0.480 e. The molecule has 1 aromatic rings. The molecule has 1 aliphatic rings. The second-order valence-corrected chi connectivity index (χ2v) is 5.88. The highest BCUT2D eigenvalue weighted by molar-refractivity contribution is 5.93. The van der Waals surface area contributed by atoms with E-state index in [0.717, 1.165) is 24.8 Å². The summed E-state index contributed by atoms with van der Waals surface area (Å²) in [6.07, 6.45) is 3.35. The van der Waals surface area contributed by atoms with Crippen molar-refractivity contribution < 1.29 is 24.3 Å². The molecular formula is C17H24N2O5. The predicted octanol–water partition coefficient (Wildman–Crippen LogP) is 1.56. The van der Waals surface area contributed by atoms with Crippen LogP contribution in [0.4, 0.5) is 0 Å². The third-order valence-corrected chi connectivity index (χ3v) is 3.96. The first-order valence-corrected chi connectivity index (χ1v) is 8.11. The van der Waals surface area contributed by atoms with Gasteiger partial charge in [-0.05, 0) is 43.4 Å². The summed E-state index contributed by atoms with van der Waals surface area (Å²) in [6, 6.07) is 6.12. The van der Waals surface area contributed by atoms with Crippen LogP contribution in [0.1, 0.15) is 41.6 Å². The number of rotatable bonds is 7. The highest BCUT2D eigenvalue weighted by Gasteiger charge is 2.20. The third kappa shape index (κ3) is 5.30. The summed E-state index contributed by atoms with van der Waals surface area (Å²) in [5.74, 6) is -1.26. The Morgan fingerprint density at radius 1 is 1.38 bits per heavy atom. The van der Waals surface area contributed by atoms with Gasteiger partial charge in [0.2, 0.25) is 0 Å². The summed E-state index contributed by atoms with van der Waals surface area (Å²) in [7, 11) is 1.57. The number of hydroxylamine groups is 2. The third-order valence-electron chi connectivity index (χ3n) is 3.96. The highest BCUT2D eigenvalue weighted by atomic mass is 16.8. The van der Waals surface area contributed by atoms with Gasteiger partial charge in [0, 0.05) is 25.6 Å². The van der Waals surface area contributed by atoms with E-state index in [1.165, 1.54) is 5.06 Å². The first kappa shape index (κ1) is 18.4. The molecule has 1 fully saturated rings. The van der Waals surface area contributed by atoms with E-state index in [1.807, 2.05) is 0 Å². The van der Waals surface area contributed by atoms with Crippen molar-refractivity contribution in [3.8, 4) is 0 Å². The lowest BCUT2D eigenvalue weighted by Gasteiger charge is -2.27. The second kappa shape index (κ2) is 8.77. The maximum absolute atomic E-state index is 12.3. The minimum absolute atomic E-state index is 0.252. The molecule has 2 rings (SSSR count). The summed E-state index contributed by atoms with van der Waals surface area (Å²) >= 11 is 0. The molecule has 132 valence electrons. The van der Waals surface area contributed by atoms with E-state index in [0.29, 0.717) is 25.0 Å². The molecule has 0 radical (unpaired) electrons. The molecule has 1 saturated heterocycles. The van der Waals surface area contributed by atoms with Crippen LogP contribution in [0.25, 0.3) is 0 Å². The SMILES string of the molecule is CN(OC1CCCCO1)C(=O)c1ccc(CCC(N)C(=O)O)cc1. The minimum Gasteiger partial charge on any atom is -0.480 e. The van der Waals surface area contributed by atoms with Crippen LogP contribution < -0.4 is 5.73 Å². The van der Waals surface area contributed by atoms with Crippen LogP contribution in [-0.2, 0) is 20.8 Å². The first-order valence-electron chi connectivity index (χ1n) is 8.11. The van der Waals surface area contributed by atoms with Crippen molar-refractivity contribution in [1.82, 2.24) is 5.06 Å². The fraction of sp³-hybridized carbons (Fsp3) is 0.529. The molecule has 24 heavy (non-hydrogen) atoms. The lowest BCUT2D eigenvalue weighted by atomic mass is 10.0. The van der Waals surface area contributed by atoms with Crippen molar-refractivity contribution in [3.05, 3.63) is 35.4 Å². The topological polar surface area (TPSA) is 102 Å². The van der Waals surface area contributed by atoms with Gasteiger partial charge in [-0.25, -0.2) is 9.90 Å². The maximum Gasteiger partial charge on any atom is 0.320 e. The van der Waals surface area contributed by atoms with Gasteiger partial charge < -0.3 is 15.6 Å². The predicted molar refractivity (Wildman–Crippen MR) is 87.1 cm³/mol. The number of hydrogen-bond acceptors (Lipinski definition) is 5. The number of aryl methyl sites for hydroxylation is 1. The number of carboxylic acids is 1. The summed E-state index contributed by atoms with van der Waals surface area (Å²) in [6.45, 7) is 0.653. The molecule has 1 heterocycles. The Labute approximate surface area is 141 Å². The zero-order valence-corrected chi connectivity index (χ0v) is 13.8. The van der Waals surface area contributed by atoms with Crippen LogP contribution in [0.3, 0.4) is 0 Å². The number of carbonyl (C=O) groups is 2. The quantitative estimate of drug-likeness (QED) is 0.733. The molecule has 2 atom stereocenters. The van der Waals surface area contributed by atoms with Gasteiger partial charge in [0.25, 0.3) is 5.91 Å². The molecule has 0 spiro atoms. The molecule has 7 heteroatoms. The first-order chi connectivity index (χ1) is 11.5. The van der Waals surface area contributed by atoms with Crippen molar-refractivity contribution in [2.24, 2.45) is 5.73 Å². The Morgan fingerprint density at radius 2 is 2.08 bits per heavy atom. The molecule has 3 N–H and O–H groups in total. The number of ether oxygens (including phenoxy) is 1. The molecule has 7 nitrogen and oxygen atoms in total. The van der Waals surface area contributed by atoms with E-state index in [9.17, 15) is 9.59 Å². The zero-order valence-electron chi connectivity index (χ0n) is 13.8. The van der Waals surface area contributed by atoms with E-state index >= 15 is 0 Å². The smallest absolute Gasteiger partial charge is 0.320 e. The average molecular weight is 336 g/mol. The van der Waals surface area contributed by atoms with Crippen LogP contribution in [0.15, 0.2) is 24.3 Å². The van der Waals surface area contributed by atoms with E-state index in [-0.39, 0.29) is 12.2 Å². The maximum atomic E-state index is 12.3. The summed E-state index contributed by atoms with van der Waals surface area (Å²) in [5, 5.41) is 9.97. The Balaban J connectivity index is 1.86. The number of carboxylic acid groups (broad SMARTS) is 1. The van der Waals surface area contributed by atoms with Gasteiger partial charge in [-0.3, -0.25) is 9.59 Å². The monoisotopic (exact) mass is 336 g/mol. The summed E-state index contributed by atoms with van der Waals surface area (Å²) in [5.41, 5.74) is 6.91. The normalized spacial score (nSPS) is 18.8. The number of hydrogen-bond donors (Lipinski definition) is 2. The molecule has 0 saturated carbocycles. The molecular weight excluding hydrogens is 312 g/mol. The fourth-order valence-corrected chi connectivity index (χ4v) is 2.46. The minimum atomic E-state index is -1.01.